The van der Waals surface area contributed by atoms with Gasteiger partial charge in [-0.05, 0) is 31.5 Å². The molecule has 7 nitrogen and oxygen atoms in total. The van der Waals surface area contributed by atoms with E-state index < -0.39 is 0 Å². The summed E-state index contributed by atoms with van der Waals surface area (Å²) in [6.07, 6.45) is 4.19. The van der Waals surface area contributed by atoms with Crippen molar-refractivity contribution in [2.24, 2.45) is 0 Å². The van der Waals surface area contributed by atoms with Crippen molar-refractivity contribution < 1.29 is 9.32 Å². The van der Waals surface area contributed by atoms with Gasteiger partial charge in [0.05, 0.1) is 0 Å². The highest BCUT2D eigenvalue weighted by molar-refractivity contribution is 6.07. The zero-order chi connectivity index (χ0) is 18.1. The van der Waals surface area contributed by atoms with E-state index in [0.717, 1.165) is 17.3 Å². The van der Waals surface area contributed by atoms with Gasteiger partial charge in [-0.2, -0.15) is 10.1 Å². The lowest BCUT2D eigenvalue weighted by Crippen LogP contribution is -2.09. The van der Waals surface area contributed by atoms with Crippen molar-refractivity contribution >= 4 is 16.7 Å². The second-order valence-electron chi connectivity index (χ2n) is 6.01. The number of hydrogen-bond donors (Lipinski definition) is 0. The first-order valence-electron chi connectivity index (χ1n) is 8.41. The van der Waals surface area contributed by atoms with Gasteiger partial charge in [-0.25, -0.2) is 0 Å². The molecule has 0 saturated heterocycles. The van der Waals surface area contributed by atoms with Crippen molar-refractivity contribution in [3.05, 3.63) is 60.2 Å². The topological polar surface area (TPSA) is 86.7 Å². The predicted octanol–water partition coefficient (Wildman–Crippen LogP) is 3.68. The maximum absolute atomic E-state index is 12.0. The lowest BCUT2D eigenvalue weighted by molar-refractivity contribution is 0.101. The van der Waals surface area contributed by atoms with Gasteiger partial charge in [0, 0.05) is 28.9 Å². The van der Waals surface area contributed by atoms with Crippen molar-refractivity contribution in [1.82, 2.24) is 24.9 Å². The number of ketones is 1. The third kappa shape index (κ3) is 2.67. The van der Waals surface area contributed by atoms with E-state index in [9.17, 15) is 4.79 Å². The number of fused-ring (bicyclic) bond motifs is 1. The molecule has 7 heteroatoms. The molecule has 1 aromatic carbocycles. The molecule has 1 atom stereocenters. The number of nitrogens with zero attached hydrogens (tertiary/aromatic N) is 5. The van der Waals surface area contributed by atoms with Crippen LogP contribution >= 0.6 is 0 Å². The molecule has 0 aliphatic carbocycles. The van der Waals surface area contributed by atoms with Crippen molar-refractivity contribution in [2.45, 2.75) is 26.3 Å². The Kier molecular flexibility index (Phi) is 4.04. The molecule has 3 heterocycles. The van der Waals surface area contributed by atoms with Crippen LogP contribution in [-0.2, 0) is 0 Å². The molecule has 0 saturated carbocycles. The highest BCUT2D eigenvalue weighted by Crippen LogP contribution is 2.30. The van der Waals surface area contributed by atoms with Crippen LogP contribution in [0.4, 0.5) is 0 Å². The molecular weight excluding hydrogens is 330 g/mol. The van der Waals surface area contributed by atoms with Gasteiger partial charge in [0.1, 0.15) is 11.7 Å². The smallest absolute Gasteiger partial charge is 0.250 e. The summed E-state index contributed by atoms with van der Waals surface area (Å²) in [6.45, 7) is 3.62. The van der Waals surface area contributed by atoms with Crippen molar-refractivity contribution in [3.8, 4) is 11.5 Å². The van der Waals surface area contributed by atoms with Gasteiger partial charge in [-0.15, -0.1) is 5.10 Å². The van der Waals surface area contributed by atoms with Crippen molar-refractivity contribution in [3.63, 3.8) is 0 Å². The first-order valence-corrected chi connectivity index (χ1v) is 8.41. The Morgan fingerprint density at radius 2 is 2.08 bits per heavy atom. The van der Waals surface area contributed by atoms with Crippen LogP contribution in [0.2, 0.25) is 0 Å². The van der Waals surface area contributed by atoms with Crippen LogP contribution in [0, 0.1) is 0 Å². The number of para-hydroxylation sites is 1. The summed E-state index contributed by atoms with van der Waals surface area (Å²) in [5.74, 6) is 0.902. The Hall–Kier alpha value is -3.35. The molecule has 0 spiro atoms. The minimum Gasteiger partial charge on any atom is -0.337 e. The molecule has 0 aliphatic heterocycles. The van der Waals surface area contributed by atoms with Gasteiger partial charge >= 0.3 is 0 Å². The van der Waals surface area contributed by atoms with Gasteiger partial charge in [-0.3, -0.25) is 4.79 Å². The summed E-state index contributed by atoms with van der Waals surface area (Å²) in [4.78, 5) is 16.5. The third-order valence-corrected chi connectivity index (χ3v) is 4.37. The number of carbonyl (C=O) groups is 1. The van der Waals surface area contributed by atoms with E-state index in [1.807, 2.05) is 42.0 Å². The number of aromatic nitrogens is 5. The first-order chi connectivity index (χ1) is 12.7. The summed E-state index contributed by atoms with van der Waals surface area (Å²) < 4.78 is 7.54. The number of Topliss-reactive ketones (excluding diaryl/α,β-unsaturated/α-hetero) is 1. The standard InChI is InChI=1S/C19H17N5O2/c1-3-16(19-21-18(23-26-19)15-8-6-10-20-22-15)24-11-14(12(2)25)13-7-4-5-9-17(13)24/h4-11,16H,3H2,1-2H3. The van der Waals surface area contributed by atoms with Gasteiger partial charge in [0.15, 0.2) is 5.78 Å². The predicted molar refractivity (Wildman–Crippen MR) is 95.7 cm³/mol. The summed E-state index contributed by atoms with van der Waals surface area (Å²) in [5.41, 5.74) is 2.20. The van der Waals surface area contributed by atoms with Crippen LogP contribution in [-0.4, -0.2) is 30.7 Å². The molecule has 3 aromatic heterocycles. The van der Waals surface area contributed by atoms with E-state index in [4.69, 9.17) is 4.52 Å². The van der Waals surface area contributed by atoms with E-state index in [1.165, 1.54) is 0 Å². The molecule has 0 radical (unpaired) electrons. The van der Waals surface area contributed by atoms with Gasteiger partial charge in [-0.1, -0.05) is 30.3 Å². The second-order valence-corrected chi connectivity index (χ2v) is 6.01. The highest BCUT2D eigenvalue weighted by Gasteiger charge is 2.23. The fraction of sp³-hybridized carbons (Fsp3) is 0.211. The summed E-state index contributed by atoms with van der Waals surface area (Å²) in [5, 5.41) is 12.8. The monoisotopic (exact) mass is 347 g/mol. The highest BCUT2D eigenvalue weighted by atomic mass is 16.5. The molecule has 4 rings (SSSR count). The molecule has 0 amide bonds. The molecule has 0 fully saturated rings. The zero-order valence-corrected chi connectivity index (χ0v) is 14.5. The molecule has 0 aliphatic rings. The van der Waals surface area contributed by atoms with Crippen LogP contribution in [0.25, 0.3) is 22.4 Å². The maximum Gasteiger partial charge on any atom is 0.250 e. The number of benzene rings is 1. The Balaban J connectivity index is 1.81. The van der Waals surface area contributed by atoms with E-state index in [0.29, 0.717) is 23.0 Å². The molecule has 4 aromatic rings. The fourth-order valence-electron chi connectivity index (χ4n) is 3.13. The molecule has 1 unspecified atom stereocenters. The summed E-state index contributed by atoms with van der Waals surface area (Å²) in [7, 11) is 0. The molecule has 0 N–H and O–H groups in total. The van der Waals surface area contributed by atoms with Gasteiger partial charge in [0.2, 0.25) is 11.7 Å². The zero-order valence-electron chi connectivity index (χ0n) is 14.5. The number of hydrogen-bond acceptors (Lipinski definition) is 6. The Bertz CT molecular complexity index is 1070. The van der Waals surface area contributed by atoms with Gasteiger partial charge < -0.3 is 9.09 Å². The van der Waals surface area contributed by atoms with Crippen LogP contribution in [0.1, 0.15) is 42.6 Å². The van der Waals surface area contributed by atoms with Crippen LogP contribution in [0.15, 0.2) is 53.3 Å². The lowest BCUT2D eigenvalue weighted by Gasteiger charge is -2.14. The molecule has 130 valence electrons. The summed E-state index contributed by atoms with van der Waals surface area (Å²) in [6, 6.07) is 11.2. The molecule has 26 heavy (non-hydrogen) atoms. The largest absolute Gasteiger partial charge is 0.337 e. The SMILES string of the molecule is CCC(c1nc(-c2cccnn2)no1)n1cc(C(C)=O)c2ccccc21. The van der Waals surface area contributed by atoms with Gasteiger partial charge in [0.25, 0.3) is 0 Å². The summed E-state index contributed by atoms with van der Waals surface area (Å²) >= 11 is 0. The van der Waals surface area contributed by atoms with E-state index in [1.54, 1.807) is 25.3 Å². The van der Waals surface area contributed by atoms with Crippen LogP contribution < -0.4 is 0 Å². The normalized spacial score (nSPS) is 12.4. The minimum atomic E-state index is -0.175. The first kappa shape index (κ1) is 16.1. The van der Waals surface area contributed by atoms with Crippen molar-refractivity contribution in [2.75, 3.05) is 0 Å². The average molecular weight is 347 g/mol. The quantitative estimate of drug-likeness (QED) is 0.512. The van der Waals surface area contributed by atoms with E-state index in [2.05, 4.69) is 20.3 Å². The van der Waals surface area contributed by atoms with Crippen molar-refractivity contribution in [1.29, 1.82) is 0 Å². The van der Waals surface area contributed by atoms with Crippen LogP contribution in [0.5, 0.6) is 0 Å². The Morgan fingerprint density at radius 3 is 2.81 bits per heavy atom. The maximum atomic E-state index is 12.0. The fourth-order valence-corrected chi connectivity index (χ4v) is 3.13. The minimum absolute atomic E-state index is 0.0283. The Morgan fingerprint density at radius 1 is 1.23 bits per heavy atom. The number of rotatable bonds is 5. The van der Waals surface area contributed by atoms with E-state index >= 15 is 0 Å². The number of carbonyl (C=O) groups excluding carboxylic acids is 1. The van der Waals surface area contributed by atoms with Crippen LogP contribution in [0.3, 0.4) is 0 Å². The lowest BCUT2D eigenvalue weighted by atomic mass is 10.1. The van der Waals surface area contributed by atoms with E-state index in [-0.39, 0.29) is 11.8 Å². The second kappa shape index (κ2) is 6.51. The average Bonchev–Trinajstić information content (AvgIpc) is 3.29. The Labute approximate surface area is 149 Å². The molecular formula is C19H17N5O2. The third-order valence-electron chi connectivity index (χ3n) is 4.37. The molecule has 0 bridgehead atoms.